The van der Waals surface area contributed by atoms with Gasteiger partial charge in [0.25, 0.3) is 0 Å². The third-order valence-electron chi connectivity index (χ3n) is 8.31. The number of para-hydroxylation sites is 1. The van der Waals surface area contributed by atoms with Gasteiger partial charge in [-0.25, -0.2) is 4.39 Å². The molecular formula is C33H23FN2O3. The van der Waals surface area contributed by atoms with Crippen molar-refractivity contribution >= 4 is 29.2 Å². The highest BCUT2D eigenvalue weighted by atomic mass is 19.1. The summed E-state index contributed by atoms with van der Waals surface area (Å²) in [6, 6.07) is 27.7. The highest BCUT2D eigenvalue weighted by molar-refractivity contribution is 6.16. The zero-order chi connectivity index (χ0) is 26.7. The number of amides is 1. The number of carbonyl (C=O) groups is 3. The summed E-state index contributed by atoms with van der Waals surface area (Å²) >= 11 is 0. The molecule has 3 aliphatic heterocycles. The van der Waals surface area contributed by atoms with Crippen molar-refractivity contribution in [1.82, 2.24) is 4.90 Å². The van der Waals surface area contributed by atoms with Crippen molar-refractivity contribution in [3.05, 3.63) is 143 Å². The molecule has 1 spiro atoms. The third-order valence-corrected chi connectivity index (χ3v) is 8.31. The maximum atomic E-state index is 14.6. The Labute approximate surface area is 224 Å². The van der Waals surface area contributed by atoms with Gasteiger partial charge >= 0.3 is 0 Å². The summed E-state index contributed by atoms with van der Waals surface area (Å²) in [5.74, 6) is -2.51. The second kappa shape index (κ2) is 8.60. The van der Waals surface area contributed by atoms with E-state index in [1.165, 1.54) is 24.3 Å². The lowest BCUT2D eigenvalue weighted by molar-refractivity contribution is -0.122. The Morgan fingerprint density at radius 1 is 0.769 bits per heavy atom. The zero-order valence-electron chi connectivity index (χ0n) is 20.8. The summed E-state index contributed by atoms with van der Waals surface area (Å²) in [6.07, 6.45) is 3.76. The van der Waals surface area contributed by atoms with Crippen LogP contribution in [0.1, 0.15) is 43.4 Å². The Kier molecular flexibility index (Phi) is 5.13. The summed E-state index contributed by atoms with van der Waals surface area (Å²) < 4.78 is 13.9. The second-order valence-electron chi connectivity index (χ2n) is 10.2. The minimum Gasteiger partial charge on any atom is -0.358 e. The van der Waals surface area contributed by atoms with Crippen LogP contribution in [0.25, 0.3) is 6.08 Å². The first-order chi connectivity index (χ1) is 19.0. The molecule has 7 rings (SSSR count). The molecule has 6 heteroatoms. The van der Waals surface area contributed by atoms with Crippen molar-refractivity contribution in [1.29, 1.82) is 0 Å². The fourth-order valence-corrected chi connectivity index (χ4v) is 6.73. The van der Waals surface area contributed by atoms with Crippen molar-refractivity contribution in [3.8, 4) is 0 Å². The molecule has 1 saturated heterocycles. The van der Waals surface area contributed by atoms with Crippen molar-refractivity contribution in [3.63, 3.8) is 0 Å². The predicted octanol–water partition coefficient (Wildman–Crippen LogP) is 5.81. The van der Waals surface area contributed by atoms with Gasteiger partial charge in [-0.2, -0.15) is 0 Å². The van der Waals surface area contributed by atoms with Gasteiger partial charge < -0.3 is 10.2 Å². The molecule has 5 nitrogen and oxygen atoms in total. The number of fused-ring (bicyclic) bond motifs is 6. The normalized spacial score (nSPS) is 24.2. The molecule has 4 atom stereocenters. The van der Waals surface area contributed by atoms with E-state index in [4.69, 9.17) is 0 Å². The van der Waals surface area contributed by atoms with Gasteiger partial charge in [0.2, 0.25) is 5.91 Å². The average molecular weight is 515 g/mol. The van der Waals surface area contributed by atoms with Crippen LogP contribution in [0.3, 0.4) is 0 Å². The quantitative estimate of drug-likeness (QED) is 0.349. The molecular weight excluding hydrogens is 491 g/mol. The molecule has 3 aliphatic rings. The fourth-order valence-electron chi connectivity index (χ4n) is 6.73. The monoisotopic (exact) mass is 514 g/mol. The Morgan fingerprint density at radius 2 is 1.44 bits per heavy atom. The number of Topliss-reactive ketones (excluding diaryl/α,β-unsaturated/α-hetero) is 2. The van der Waals surface area contributed by atoms with Crippen LogP contribution in [0.2, 0.25) is 0 Å². The molecule has 0 bridgehead atoms. The zero-order valence-corrected chi connectivity index (χ0v) is 20.8. The Morgan fingerprint density at radius 3 is 2.23 bits per heavy atom. The summed E-state index contributed by atoms with van der Waals surface area (Å²) in [5.41, 5.74) is 2.40. The van der Waals surface area contributed by atoms with Gasteiger partial charge in [0, 0.05) is 23.0 Å². The molecule has 0 radical (unpaired) electrons. The van der Waals surface area contributed by atoms with Gasteiger partial charge in [-0.1, -0.05) is 72.8 Å². The van der Waals surface area contributed by atoms with E-state index in [1.54, 1.807) is 24.3 Å². The molecule has 1 N–H and O–H groups in total. The molecule has 0 saturated carbocycles. The van der Waals surface area contributed by atoms with E-state index in [0.717, 1.165) is 11.1 Å². The van der Waals surface area contributed by atoms with Gasteiger partial charge in [-0.15, -0.1) is 0 Å². The van der Waals surface area contributed by atoms with Crippen molar-refractivity contribution in [2.45, 2.75) is 17.5 Å². The number of nitrogens with zero attached hydrogens (tertiary/aromatic N) is 1. The highest BCUT2D eigenvalue weighted by Gasteiger charge is 2.70. The number of benzene rings is 4. The number of hydrogen-bond acceptors (Lipinski definition) is 4. The van der Waals surface area contributed by atoms with Crippen LogP contribution in [0, 0.1) is 11.7 Å². The number of rotatable bonds is 4. The topological polar surface area (TPSA) is 66.5 Å². The number of carbonyl (C=O) groups excluding carboxylic acids is 3. The van der Waals surface area contributed by atoms with E-state index in [1.807, 2.05) is 71.8 Å². The summed E-state index contributed by atoms with van der Waals surface area (Å²) in [5, 5.41) is 3.03. The molecule has 4 aromatic carbocycles. The lowest BCUT2D eigenvalue weighted by Gasteiger charge is -2.38. The molecule has 3 heterocycles. The maximum Gasteiger partial charge on any atom is 0.238 e. The first-order valence-electron chi connectivity index (χ1n) is 12.9. The van der Waals surface area contributed by atoms with Crippen LogP contribution in [0.4, 0.5) is 10.1 Å². The van der Waals surface area contributed by atoms with E-state index in [0.29, 0.717) is 16.8 Å². The van der Waals surface area contributed by atoms with E-state index in [2.05, 4.69) is 5.32 Å². The fraction of sp³-hybridized carbons (Fsp3) is 0.121. The summed E-state index contributed by atoms with van der Waals surface area (Å²) in [6.45, 7) is 0. The van der Waals surface area contributed by atoms with Crippen molar-refractivity contribution in [2.75, 3.05) is 5.32 Å². The number of ketones is 2. The first-order valence-corrected chi connectivity index (χ1v) is 12.9. The SMILES string of the molecule is O=C(c1ccccc1)[C@@H]1[C@H](C(=O)c2ccc(F)cc2)[C@@]2(C(=O)Nc3ccccc32)[C@H]2c3ccccc3C=CN12. The van der Waals surface area contributed by atoms with E-state index in [-0.39, 0.29) is 23.0 Å². The Bertz CT molecular complexity index is 1680. The Balaban J connectivity index is 1.54. The van der Waals surface area contributed by atoms with E-state index >= 15 is 0 Å². The van der Waals surface area contributed by atoms with Crippen LogP contribution < -0.4 is 5.32 Å². The van der Waals surface area contributed by atoms with Gasteiger partial charge in [-0.05, 0) is 53.1 Å². The van der Waals surface area contributed by atoms with Gasteiger partial charge in [0.15, 0.2) is 11.6 Å². The molecule has 1 amide bonds. The van der Waals surface area contributed by atoms with Gasteiger partial charge in [-0.3, -0.25) is 14.4 Å². The molecule has 190 valence electrons. The Hall–Kier alpha value is -4.84. The molecule has 1 fully saturated rings. The van der Waals surface area contributed by atoms with Gasteiger partial charge in [0.05, 0.1) is 12.0 Å². The standard InChI is InChI=1S/C33H23FN2O3/c34-23-16-14-22(15-17-23)29(37)27-28(30(38)21-9-2-1-3-10-21)36-19-18-20-8-4-5-11-24(20)31(36)33(27)25-12-6-7-13-26(25)35-32(33)39/h1-19,27-28,31H,(H,35,39)/t27-,28+,31-,33-/m1/s1. The third kappa shape index (κ3) is 3.21. The lowest BCUT2D eigenvalue weighted by Crippen LogP contribution is -2.49. The second-order valence-corrected chi connectivity index (χ2v) is 10.2. The van der Waals surface area contributed by atoms with Crippen LogP contribution in [0.15, 0.2) is 109 Å². The largest absolute Gasteiger partial charge is 0.358 e. The molecule has 0 aliphatic carbocycles. The number of hydrogen-bond donors (Lipinski definition) is 1. The van der Waals surface area contributed by atoms with Crippen molar-refractivity contribution in [2.24, 2.45) is 5.92 Å². The number of nitrogens with one attached hydrogen (secondary N) is 1. The minimum atomic E-state index is -1.40. The average Bonchev–Trinajstić information content (AvgIpc) is 3.45. The molecule has 4 aromatic rings. The smallest absolute Gasteiger partial charge is 0.238 e. The van der Waals surface area contributed by atoms with Crippen LogP contribution >= 0.6 is 0 Å². The van der Waals surface area contributed by atoms with Crippen LogP contribution in [0.5, 0.6) is 0 Å². The number of anilines is 1. The maximum absolute atomic E-state index is 14.6. The van der Waals surface area contributed by atoms with Crippen LogP contribution in [-0.4, -0.2) is 28.4 Å². The first kappa shape index (κ1) is 23.3. The van der Waals surface area contributed by atoms with E-state index in [9.17, 15) is 18.8 Å². The minimum absolute atomic E-state index is 0.251. The summed E-state index contributed by atoms with van der Waals surface area (Å²) in [4.78, 5) is 45.2. The predicted molar refractivity (Wildman–Crippen MR) is 146 cm³/mol. The highest BCUT2D eigenvalue weighted by Crippen LogP contribution is 2.62. The molecule has 0 aromatic heterocycles. The lowest BCUT2D eigenvalue weighted by atomic mass is 9.62. The number of halogens is 1. The van der Waals surface area contributed by atoms with Gasteiger partial charge in [0.1, 0.15) is 17.3 Å². The van der Waals surface area contributed by atoms with Crippen molar-refractivity contribution < 1.29 is 18.8 Å². The van der Waals surface area contributed by atoms with Crippen LogP contribution in [-0.2, 0) is 10.2 Å². The molecule has 39 heavy (non-hydrogen) atoms. The van der Waals surface area contributed by atoms with E-state index < -0.39 is 29.2 Å². The summed E-state index contributed by atoms with van der Waals surface area (Å²) in [7, 11) is 0. The molecule has 0 unspecified atom stereocenters.